The summed E-state index contributed by atoms with van der Waals surface area (Å²) in [6.45, 7) is 2.76. The van der Waals surface area contributed by atoms with Gasteiger partial charge in [0.25, 0.3) is 0 Å². The molecule has 1 unspecified atom stereocenters. The Bertz CT molecular complexity index is 1150. The lowest BCUT2D eigenvalue weighted by molar-refractivity contribution is -0.141. The summed E-state index contributed by atoms with van der Waals surface area (Å²) in [6, 6.07) is 6.86. The van der Waals surface area contributed by atoms with Crippen LogP contribution in [0.3, 0.4) is 0 Å². The van der Waals surface area contributed by atoms with Crippen LogP contribution in [0.25, 0.3) is 0 Å². The van der Waals surface area contributed by atoms with Crippen molar-refractivity contribution in [3.63, 3.8) is 0 Å². The Morgan fingerprint density at radius 2 is 2.06 bits per heavy atom. The van der Waals surface area contributed by atoms with Crippen LogP contribution in [0.4, 0.5) is 0 Å². The van der Waals surface area contributed by atoms with E-state index in [0.717, 1.165) is 12.8 Å². The number of likely N-dealkylation sites (tertiary alicyclic amines) is 3. The van der Waals surface area contributed by atoms with Gasteiger partial charge in [-0.05, 0) is 49.8 Å². The second-order valence-corrected chi connectivity index (χ2v) is 11.3. The molecular formula is C22H28N6O4S. The summed E-state index contributed by atoms with van der Waals surface area (Å²) >= 11 is 0. The number of piperidine rings is 1. The highest BCUT2D eigenvalue weighted by Crippen LogP contribution is 2.48. The Balaban J connectivity index is 1.25. The number of nitrogens with zero attached hydrogens (tertiary/aromatic N) is 4. The van der Waals surface area contributed by atoms with E-state index in [1.165, 1.54) is 12.1 Å². The number of fused-ring (bicyclic) bond motifs is 3. The second kappa shape index (κ2) is 7.77. The smallest absolute Gasteiger partial charge is 0.242 e. The van der Waals surface area contributed by atoms with E-state index in [0.29, 0.717) is 24.4 Å². The standard InChI is InChI=1S/C22H28N6O4S/c1-12(13-3-2-4-17(6-13)33(25,31)32)27-16-8-20(22(27)30)26(10-16)11-18(24)21(29)28-15(9-23)5-14-7-19(14)28/h2-4,6,12,14-16,18-20H,5,7-8,10-11,24H2,1H3,(H2,25,31,32)/t12-,14?,15+,16+,18+,19+,20+/m1/s1. The van der Waals surface area contributed by atoms with Crippen molar-refractivity contribution in [1.82, 2.24) is 14.7 Å². The minimum Gasteiger partial charge on any atom is -0.330 e. The van der Waals surface area contributed by atoms with Crippen molar-refractivity contribution in [2.45, 2.75) is 67.3 Å². The Hall–Kier alpha value is -2.52. The number of carbonyl (C=O) groups excluding carboxylic acids is 2. The molecule has 0 spiro atoms. The minimum atomic E-state index is -3.83. The highest BCUT2D eigenvalue weighted by molar-refractivity contribution is 7.89. The number of benzene rings is 1. The van der Waals surface area contributed by atoms with Crippen molar-refractivity contribution in [3.05, 3.63) is 29.8 Å². The predicted octanol–water partition coefficient (Wildman–Crippen LogP) is -0.480. The van der Waals surface area contributed by atoms with Gasteiger partial charge in [0.2, 0.25) is 21.8 Å². The average Bonchev–Trinajstić information content (AvgIpc) is 3.11. The fourth-order valence-electron chi connectivity index (χ4n) is 5.92. The van der Waals surface area contributed by atoms with Crippen molar-refractivity contribution in [3.8, 4) is 6.07 Å². The lowest BCUT2D eigenvalue weighted by Crippen LogP contribution is -2.57. The third-order valence-corrected chi connectivity index (χ3v) is 8.57. The molecule has 0 radical (unpaired) electrons. The van der Waals surface area contributed by atoms with E-state index in [9.17, 15) is 23.3 Å². The second-order valence-electron chi connectivity index (χ2n) is 9.69. The predicted molar refractivity (Wildman–Crippen MR) is 118 cm³/mol. The molecule has 3 aliphatic heterocycles. The van der Waals surface area contributed by atoms with E-state index < -0.39 is 22.1 Å². The molecular weight excluding hydrogens is 444 g/mol. The Labute approximate surface area is 193 Å². The number of nitrogens with two attached hydrogens (primary N) is 2. The van der Waals surface area contributed by atoms with E-state index in [1.54, 1.807) is 21.9 Å². The quantitative estimate of drug-likeness (QED) is 0.567. The molecule has 4 aliphatic rings. The van der Waals surface area contributed by atoms with Gasteiger partial charge in [-0.15, -0.1) is 0 Å². The fourth-order valence-corrected chi connectivity index (χ4v) is 6.49. The number of nitriles is 1. The van der Waals surface area contributed by atoms with Crippen molar-refractivity contribution < 1.29 is 18.0 Å². The summed E-state index contributed by atoms with van der Waals surface area (Å²) in [6.07, 6.45) is 2.32. The maximum absolute atomic E-state index is 13.2. The van der Waals surface area contributed by atoms with Crippen LogP contribution in [-0.4, -0.2) is 78.2 Å². The molecule has 4 fully saturated rings. The van der Waals surface area contributed by atoms with Crippen molar-refractivity contribution in [1.29, 1.82) is 5.26 Å². The number of amides is 2. The number of primary sulfonamides is 1. The van der Waals surface area contributed by atoms with Crippen LogP contribution in [0.15, 0.2) is 29.2 Å². The Kier molecular flexibility index (Phi) is 5.25. The largest absolute Gasteiger partial charge is 0.330 e. The highest BCUT2D eigenvalue weighted by Gasteiger charge is 2.56. The number of hydrogen-bond donors (Lipinski definition) is 2. The number of hydrogen-bond acceptors (Lipinski definition) is 7. The fraction of sp³-hybridized carbons (Fsp3) is 0.591. The summed E-state index contributed by atoms with van der Waals surface area (Å²) in [7, 11) is -3.83. The van der Waals surface area contributed by atoms with E-state index in [1.807, 2.05) is 11.8 Å². The number of carbonyl (C=O) groups is 2. The number of piperazine rings is 1. The monoisotopic (exact) mass is 472 g/mol. The maximum Gasteiger partial charge on any atom is 0.242 e. The van der Waals surface area contributed by atoms with Crippen LogP contribution in [0.1, 0.15) is 37.8 Å². The van der Waals surface area contributed by atoms with Crippen molar-refractivity contribution in [2.75, 3.05) is 13.1 Å². The minimum absolute atomic E-state index is 0.0188. The topological polar surface area (TPSA) is 154 Å². The van der Waals surface area contributed by atoms with Gasteiger partial charge in [0.1, 0.15) is 6.04 Å². The zero-order valence-corrected chi connectivity index (χ0v) is 19.2. The molecule has 176 valence electrons. The lowest BCUT2D eigenvalue weighted by atomic mass is 10.1. The van der Waals surface area contributed by atoms with Gasteiger partial charge in [-0.3, -0.25) is 14.5 Å². The number of sulfonamides is 1. The van der Waals surface area contributed by atoms with Gasteiger partial charge in [-0.1, -0.05) is 12.1 Å². The summed E-state index contributed by atoms with van der Waals surface area (Å²) < 4.78 is 23.4. The molecule has 10 nitrogen and oxygen atoms in total. The van der Waals surface area contributed by atoms with Crippen LogP contribution in [0, 0.1) is 17.2 Å². The van der Waals surface area contributed by atoms with Gasteiger partial charge in [0, 0.05) is 25.2 Å². The molecule has 2 amide bonds. The summed E-state index contributed by atoms with van der Waals surface area (Å²) in [4.78, 5) is 31.6. The van der Waals surface area contributed by atoms with Crippen LogP contribution >= 0.6 is 0 Å². The molecule has 33 heavy (non-hydrogen) atoms. The molecule has 1 aromatic rings. The molecule has 2 bridgehead atoms. The summed E-state index contributed by atoms with van der Waals surface area (Å²) in [5.41, 5.74) is 6.96. The molecule has 0 aromatic heterocycles. The van der Waals surface area contributed by atoms with E-state index in [4.69, 9.17) is 10.9 Å². The van der Waals surface area contributed by atoms with Gasteiger partial charge in [-0.2, -0.15) is 5.26 Å². The molecule has 1 aliphatic carbocycles. The van der Waals surface area contributed by atoms with Gasteiger partial charge >= 0.3 is 0 Å². The third kappa shape index (κ3) is 3.71. The lowest BCUT2D eigenvalue weighted by Gasteiger charge is -2.38. The van der Waals surface area contributed by atoms with Crippen LogP contribution in [-0.2, 0) is 19.6 Å². The first kappa shape index (κ1) is 22.3. The van der Waals surface area contributed by atoms with Crippen molar-refractivity contribution >= 4 is 21.8 Å². The van der Waals surface area contributed by atoms with E-state index >= 15 is 0 Å². The summed E-state index contributed by atoms with van der Waals surface area (Å²) in [5.74, 6) is 0.183. The molecule has 11 heteroatoms. The van der Waals surface area contributed by atoms with E-state index in [2.05, 4.69) is 6.07 Å². The normalized spacial score (nSPS) is 32.5. The van der Waals surface area contributed by atoms with E-state index in [-0.39, 0.29) is 47.4 Å². The molecule has 4 N–H and O–H groups in total. The number of rotatable bonds is 6. The highest BCUT2D eigenvalue weighted by atomic mass is 32.2. The Morgan fingerprint density at radius 3 is 2.73 bits per heavy atom. The van der Waals surface area contributed by atoms with Crippen LogP contribution < -0.4 is 10.9 Å². The molecule has 3 saturated heterocycles. The van der Waals surface area contributed by atoms with Gasteiger partial charge in [-0.25, -0.2) is 13.6 Å². The zero-order valence-electron chi connectivity index (χ0n) is 18.4. The zero-order chi connectivity index (χ0) is 23.7. The first-order valence-electron chi connectivity index (χ1n) is 11.3. The average molecular weight is 473 g/mol. The maximum atomic E-state index is 13.2. The van der Waals surface area contributed by atoms with Crippen molar-refractivity contribution in [2.24, 2.45) is 16.8 Å². The molecule has 1 aromatic carbocycles. The SMILES string of the molecule is C[C@H](c1cccc(S(N)(=O)=O)c1)N1C(=O)[C@@H]2C[C@H]1CN2C[C@H](N)C(=O)N1[C@H](C#N)CC2C[C@@H]21. The van der Waals surface area contributed by atoms with Crippen LogP contribution in [0.5, 0.6) is 0 Å². The first-order chi connectivity index (χ1) is 15.6. The Morgan fingerprint density at radius 1 is 1.30 bits per heavy atom. The molecule has 3 heterocycles. The first-order valence-corrected chi connectivity index (χ1v) is 12.8. The van der Waals surface area contributed by atoms with Gasteiger partial charge in [0.15, 0.2) is 0 Å². The van der Waals surface area contributed by atoms with Gasteiger partial charge < -0.3 is 15.5 Å². The molecule has 5 rings (SSSR count). The molecule has 7 atom stereocenters. The van der Waals surface area contributed by atoms with Crippen LogP contribution in [0.2, 0.25) is 0 Å². The third-order valence-electron chi connectivity index (χ3n) is 7.66. The summed E-state index contributed by atoms with van der Waals surface area (Å²) in [5, 5.41) is 14.6. The molecule has 1 saturated carbocycles. The van der Waals surface area contributed by atoms with Gasteiger partial charge in [0.05, 0.1) is 29.1 Å².